The van der Waals surface area contributed by atoms with Gasteiger partial charge in [0.05, 0.1) is 11.4 Å². The quantitative estimate of drug-likeness (QED) is 0.890. The molecule has 0 aromatic carbocycles. The Kier molecular flexibility index (Phi) is 3.75. The van der Waals surface area contributed by atoms with Gasteiger partial charge in [-0.15, -0.1) is 0 Å². The van der Waals surface area contributed by atoms with Crippen LogP contribution >= 0.6 is 0 Å². The van der Waals surface area contributed by atoms with Crippen molar-refractivity contribution in [1.29, 1.82) is 0 Å². The fourth-order valence-corrected chi connectivity index (χ4v) is 5.52. The number of sulfonamides is 1. The van der Waals surface area contributed by atoms with E-state index in [-0.39, 0.29) is 11.1 Å². The van der Waals surface area contributed by atoms with Crippen LogP contribution in [0.5, 0.6) is 0 Å². The van der Waals surface area contributed by atoms with Gasteiger partial charge in [0.2, 0.25) is 10.0 Å². The molecule has 1 aromatic heterocycles. The lowest BCUT2D eigenvalue weighted by atomic mass is 9.93. The number of hydrogen-bond acceptors (Lipinski definition) is 4. The first-order chi connectivity index (χ1) is 9.36. The molecule has 2 heterocycles. The van der Waals surface area contributed by atoms with Crippen molar-refractivity contribution in [2.24, 2.45) is 7.05 Å². The SMILES string of the molecule is Cc1nn(C)c(C)c1S(=O)(=O)N1CC(C)(C)NC(C)(C)C1. The largest absolute Gasteiger partial charge is 0.304 e. The maximum atomic E-state index is 13.1. The zero-order chi connectivity index (χ0) is 16.2. The van der Waals surface area contributed by atoms with Gasteiger partial charge in [-0.25, -0.2) is 8.42 Å². The lowest BCUT2D eigenvalue weighted by molar-refractivity contribution is 0.136. The maximum Gasteiger partial charge on any atom is 0.246 e. The summed E-state index contributed by atoms with van der Waals surface area (Å²) in [5.74, 6) is 0. The molecule has 1 fully saturated rings. The van der Waals surface area contributed by atoms with Gasteiger partial charge in [-0.1, -0.05) is 0 Å². The number of nitrogens with one attached hydrogen (secondary N) is 1. The van der Waals surface area contributed by atoms with Gasteiger partial charge in [-0.05, 0) is 41.5 Å². The zero-order valence-electron chi connectivity index (χ0n) is 14.0. The Labute approximate surface area is 127 Å². The van der Waals surface area contributed by atoms with E-state index in [0.29, 0.717) is 29.4 Å². The summed E-state index contributed by atoms with van der Waals surface area (Å²) in [6.45, 7) is 12.6. The Morgan fingerprint density at radius 3 is 1.95 bits per heavy atom. The highest BCUT2D eigenvalue weighted by atomic mass is 32.2. The molecule has 1 aliphatic heterocycles. The summed E-state index contributed by atoms with van der Waals surface area (Å²) < 4.78 is 29.3. The molecule has 1 N–H and O–H groups in total. The minimum atomic E-state index is -3.53. The summed E-state index contributed by atoms with van der Waals surface area (Å²) in [6, 6.07) is 0. The maximum absolute atomic E-state index is 13.1. The molecule has 0 aliphatic carbocycles. The summed E-state index contributed by atoms with van der Waals surface area (Å²) >= 11 is 0. The van der Waals surface area contributed by atoms with Crippen molar-refractivity contribution >= 4 is 10.0 Å². The van der Waals surface area contributed by atoms with E-state index in [1.165, 1.54) is 0 Å². The average Bonchev–Trinajstić information content (AvgIpc) is 2.48. The first kappa shape index (κ1) is 16.5. The molecule has 1 saturated heterocycles. The van der Waals surface area contributed by atoms with Gasteiger partial charge in [0.25, 0.3) is 0 Å². The van der Waals surface area contributed by atoms with Gasteiger partial charge in [0.15, 0.2) is 0 Å². The second-order valence-corrected chi connectivity index (χ2v) is 9.16. The third kappa shape index (κ3) is 3.00. The van der Waals surface area contributed by atoms with Crippen molar-refractivity contribution in [1.82, 2.24) is 19.4 Å². The molecule has 7 heteroatoms. The first-order valence-electron chi connectivity index (χ1n) is 7.15. The van der Waals surface area contributed by atoms with E-state index in [4.69, 9.17) is 0 Å². The number of piperazine rings is 1. The standard InChI is InChI=1S/C14H26N4O2S/c1-10-12(11(2)17(7)15-10)21(19,20)18-8-13(3,4)16-14(5,6)9-18/h16H,8-9H2,1-7H3. The average molecular weight is 314 g/mol. The molecule has 0 spiro atoms. The molecule has 0 radical (unpaired) electrons. The summed E-state index contributed by atoms with van der Waals surface area (Å²) in [5, 5.41) is 7.73. The molecule has 0 amide bonds. The highest BCUT2D eigenvalue weighted by Gasteiger charge is 2.43. The van der Waals surface area contributed by atoms with Crippen molar-refractivity contribution < 1.29 is 8.42 Å². The summed E-state index contributed by atoms with van der Waals surface area (Å²) in [6.07, 6.45) is 0. The van der Waals surface area contributed by atoms with Gasteiger partial charge >= 0.3 is 0 Å². The van der Waals surface area contributed by atoms with E-state index >= 15 is 0 Å². The summed E-state index contributed by atoms with van der Waals surface area (Å²) in [5.41, 5.74) is 0.711. The fourth-order valence-electron chi connectivity index (χ4n) is 3.36. The van der Waals surface area contributed by atoms with E-state index in [9.17, 15) is 8.42 Å². The number of aromatic nitrogens is 2. The number of nitrogens with zero attached hydrogens (tertiary/aromatic N) is 3. The van der Waals surface area contributed by atoms with Crippen molar-refractivity contribution in [2.75, 3.05) is 13.1 Å². The van der Waals surface area contributed by atoms with Crippen LogP contribution in [0.4, 0.5) is 0 Å². The van der Waals surface area contributed by atoms with Crippen LogP contribution in [0, 0.1) is 13.8 Å². The van der Waals surface area contributed by atoms with Crippen molar-refractivity contribution in [3.63, 3.8) is 0 Å². The normalized spacial score (nSPS) is 22.4. The zero-order valence-corrected chi connectivity index (χ0v) is 14.8. The molecule has 2 rings (SSSR count). The van der Waals surface area contributed by atoms with E-state index < -0.39 is 10.0 Å². The highest BCUT2D eigenvalue weighted by Crippen LogP contribution is 2.29. The van der Waals surface area contributed by atoms with E-state index in [1.807, 2.05) is 27.7 Å². The Hall–Kier alpha value is -0.920. The van der Waals surface area contributed by atoms with Gasteiger partial charge in [-0.2, -0.15) is 9.40 Å². The van der Waals surface area contributed by atoms with Crippen LogP contribution in [0.3, 0.4) is 0 Å². The van der Waals surface area contributed by atoms with Gasteiger partial charge in [0, 0.05) is 31.2 Å². The third-order valence-corrected chi connectivity index (χ3v) is 5.91. The smallest absolute Gasteiger partial charge is 0.246 e. The minimum absolute atomic E-state index is 0.265. The Balaban J connectivity index is 2.49. The predicted molar refractivity (Wildman–Crippen MR) is 82.7 cm³/mol. The van der Waals surface area contributed by atoms with Crippen molar-refractivity contribution in [3.05, 3.63) is 11.4 Å². The van der Waals surface area contributed by atoms with Crippen LogP contribution in [0.15, 0.2) is 4.90 Å². The monoisotopic (exact) mass is 314 g/mol. The highest BCUT2D eigenvalue weighted by molar-refractivity contribution is 7.89. The lowest BCUT2D eigenvalue weighted by Crippen LogP contribution is -2.67. The molecule has 21 heavy (non-hydrogen) atoms. The molecule has 120 valence electrons. The lowest BCUT2D eigenvalue weighted by Gasteiger charge is -2.47. The van der Waals surface area contributed by atoms with Crippen LogP contribution < -0.4 is 5.32 Å². The second kappa shape index (κ2) is 4.79. The van der Waals surface area contributed by atoms with Crippen molar-refractivity contribution in [3.8, 4) is 0 Å². The molecular weight excluding hydrogens is 288 g/mol. The van der Waals surface area contributed by atoms with Crippen LogP contribution in [-0.4, -0.2) is 46.7 Å². The van der Waals surface area contributed by atoms with Crippen molar-refractivity contribution in [2.45, 2.75) is 57.5 Å². The van der Waals surface area contributed by atoms with Gasteiger partial charge in [0.1, 0.15) is 4.90 Å². The Bertz CT molecular complexity index is 643. The fraction of sp³-hybridized carbons (Fsp3) is 0.786. The van der Waals surface area contributed by atoms with Gasteiger partial charge < -0.3 is 5.32 Å². The second-order valence-electron chi connectivity index (χ2n) is 7.29. The molecule has 1 aliphatic rings. The van der Waals surface area contributed by atoms with Crippen LogP contribution in [0.25, 0.3) is 0 Å². The Morgan fingerprint density at radius 1 is 1.10 bits per heavy atom. The van der Waals surface area contributed by atoms with Crippen LogP contribution in [0.2, 0.25) is 0 Å². The summed E-state index contributed by atoms with van der Waals surface area (Å²) in [7, 11) is -1.76. The van der Waals surface area contributed by atoms with E-state index in [1.54, 1.807) is 29.9 Å². The first-order valence-corrected chi connectivity index (χ1v) is 8.59. The number of aryl methyl sites for hydroxylation is 2. The predicted octanol–water partition coefficient (Wildman–Crippen LogP) is 1.19. The molecule has 0 atom stereocenters. The Morgan fingerprint density at radius 2 is 1.57 bits per heavy atom. The molecule has 0 unspecified atom stereocenters. The van der Waals surface area contributed by atoms with E-state index in [0.717, 1.165) is 0 Å². The van der Waals surface area contributed by atoms with E-state index in [2.05, 4.69) is 10.4 Å². The number of rotatable bonds is 2. The molecule has 0 saturated carbocycles. The van der Waals surface area contributed by atoms with Crippen LogP contribution in [0.1, 0.15) is 39.1 Å². The molecule has 1 aromatic rings. The molecular formula is C14H26N4O2S. The summed E-state index contributed by atoms with van der Waals surface area (Å²) in [4.78, 5) is 0.346. The minimum Gasteiger partial charge on any atom is -0.304 e. The third-order valence-electron chi connectivity index (χ3n) is 3.86. The molecule has 0 bridgehead atoms. The van der Waals surface area contributed by atoms with Gasteiger partial charge in [-0.3, -0.25) is 4.68 Å². The topological polar surface area (TPSA) is 67.2 Å². The van der Waals surface area contributed by atoms with Crippen LogP contribution in [-0.2, 0) is 17.1 Å². The number of hydrogen-bond donors (Lipinski definition) is 1. The molecule has 6 nitrogen and oxygen atoms in total.